The molecular weight excluding hydrogens is 344 g/mol. The van der Waals surface area contributed by atoms with Crippen LogP contribution in [0.25, 0.3) is 10.6 Å². The fraction of sp³-hybridized carbons (Fsp3) is 0. The van der Waals surface area contributed by atoms with Crippen LogP contribution in [-0.4, -0.2) is 32.3 Å². The second-order valence-electron chi connectivity index (χ2n) is 4.23. The van der Waals surface area contributed by atoms with Crippen molar-refractivity contribution in [1.29, 1.82) is 0 Å². The van der Waals surface area contributed by atoms with Gasteiger partial charge < -0.3 is 9.63 Å². The molecule has 0 fully saturated rings. The minimum Gasteiger partial charge on any atom is -0.476 e. The number of carboxylic acids is 1. The molecule has 0 bridgehead atoms. The Hall–Kier alpha value is -2.78. The van der Waals surface area contributed by atoms with Crippen molar-refractivity contribution in [2.45, 2.75) is 0 Å². The average Bonchev–Trinajstić information content (AvgIpc) is 3.16. The monoisotopic (exact) mass is 350 g/mol. The summed E-state index contributed by atoms with van der Waals surface area (Å²) in [4.78, 5) is 23.0. The summed E-state index contributed by atoms with van der Waals surface area (Å²) in [6, 6.07) is 7.08. The maximum Gasteiger partial charge on any atom is 0.358 e. The summed E-state index contributed by atoms with van der Waals surface area (Å²) in [6.07, 6.45) is 0.953. The van der Waals surface area contributed by atoms with E-state index >= 15 is 0 Å². The van der Waals surface area contributed by atoms with Gasteiger partial charge in [0.2, 0.25) is 10.8 Å². The van der Waals surface area contributed by atoms with Gasteiger partial charge in [-0.25, -0.2) is 4.79 Å². The molecule has 2 heterocycles. The third-order valence-corrected chi connectivity index (χ3v) is 3.97. The van der Waals surface area contributed by atoms with E-state index in [9.17, 15) is 9.59 Å². The zero-order chi connectivity index (χ0) is 16.4. The summed E-state index contributed by atoms with van der Waals surface area (Å²) in [7, 11) is 0. The largest absolute Gasteiger partial charge is 0.476 e. The Bertz CT molecular complexity index is 891. The van der Waals surface area contributed by atoms with Crippen molar-refractivity contribution in [3.63, 3.8) is 0 Å². The van der Waals surface area contributed by atoms with Gasteiger partial charge in [-0.15, -0.1) is 10.2 Å². The fourth-order valence-corrected chi connectivity index (χ4v) is 2.79. The number of aromatic carboxylic acids is 1. The number of halogens is 1. The van der Waals surface area contributed by atoms with Crippen molar-refractivity contribution in [3.8, 4) is 10.6 Å². The first-order valence-electron chi connectivity index (χ1n) is 6.13. The number of carbonyl (C=O) groups is 2. The predicted octanol–water partition coefficient (Wildman–Crippen LogP) is 2.80. The molecule has 3 aromatic rings. The van der Waals surface area contributed by atoms with Gasteiger partial charge in [-0.05, 0) is 6.07 Å². The lowest BCUT2D eigenvalue weighted by Gasteiger charge is -1.98. The van der Waals surface area contributed by atoms with E-state index in [1.54, 1.807) is 24.3 Å². The van der Waals surface area contributed by atoms with Gasteiger partial charge in [-0.3, -0.25) is 10.1 Å². The molecule has 0 saturated carbocycles. The molecular formula is C13H7ClN4O4S. The van der Waals surface area contributed by atoms with Crippen LogP contribution in [0, 0.1) is 0 Å². The highest BCUT2D eigenvalue weighted by atomic mass is 35.5. The first-order chi connectivity index (χ1) is 11.1. The van der Waals surface area contributed by atoms with Gasteiger partial charge in [-0.1, -0.05) is 46.3 Å². The highest BCUT2D eigenvalue weighted by molar-refractivity contribution is 7.18. The molecule has 10 heteroatoms. The summed E-state index contributed by atoms with van der Waals surface area (Å²) in [5.41, 5.74) is 0.00806. The number of anilines is 1. The Labute approximate surface area is 137 Å². The van der Waals surface area contributed by atoms with Gasteiger partial charge in [0, 0.05) is 5.56 Å². The Morgan fingerprint density at radius 2 is 2.04 bits per heavy atom. The van der Waals surface area contributed by atoms with Gasteiger partial charge in [0.05, 0.1) is 5.02 Å². The number of aromatic nitrogens is 3. The Morgan fingerprint density at radius 3 is 2.78 bits per heavy atom. The third-order valence-electron chi connectivity index (χ3n) is 2.77. The van der Waals surface area contributed by atoms with E-state index in [4.69, 9.17) is 16.7 Å². The molecule has 0 aliphatic rings. The van der Waals surface area contributed by atoms with Crippen molar-refractivity contribution < 1.29 is 19.2 Å². The fourth-order valence-electron chi connectivity index (χ4n) is 1.73. The number of carboxylic acid groups (broad SMARTS) is 1. The molecule has 0 radical (unpaired) electrons. The standard InChI is InChI=1S/C13H7ClN4O4S/c14-8-4-2-1-3-6(8)11-16-17-13(23-11)15-10(19)7-5-22-18-9(7)12(20)21/h1-5H,(H,20,21)(H,15,17,19). The van der Waals surface area contributed by atoms with Gasteiger partial charge in [-0.2, -0.15) is 0 Å². The van der Waals surface area contributed by atoms with Gasteiger partial charge in [0.1, 0.15) is 11.8 Å². The van der Waals surface area contributed by atoms with Gasteiger partial charge >= 0.3 is 5.97 Å². The van der Waals surface area contributed by atoms with Crippen LogP contribution < -0.4 is 5.32 Å². The number of rotatable bonds is 4. The van der Waals surface area contributed by atoms with Crippen molar-refractivity contribution in [3.05, 3.63) is 46.8 Å². The van der Waals surface area contributed by atoms with Gasteiger partial charge in [0.25, 0.3) is 5.91 Å². The van der Waals surface area contributed by atoms with Crippen LogP contribution in [0.15, 0.2) is 35.1 Å². The quantitative estimate of drug-likeness (QED) is 0.742. The van der Waals surface area contributed by atoms with Crippen LogP contribution >= 0.6 is 22.9 Å². The van der Waals surface area contributed by atoms with Crippen LogP contribution in [0.5, 0.6) is 0 Å². The first kappa shape index (κ1) is 15.1. The number of hydrogen-bond acceptors (Lipinski definition) is 7. The van der Waals surface area contributed by atoms with E-state index in [2.05, 4.69) is 25.2 Å². The van der Waals surface area contributed by atoms with Crippen molar-refractivity contribution in [2.75, 3.05) is 5.32 Å². The molecule has 0 spiro atoms. The summed E-state index contributed by atoms with van der Waals surface area (Å²) in [5, 5.41) is 23.6. The predicted molar refractivity (Wildman–Crippen MR) is 81.8 cm³/mol. The van der Waals surface area contributed by atoms with Crippen molar-refractivity contribution >= 4 is 39.9 Å². The third kappa shape index (κ3) is 3.05. The van der Waals surface area contributed by atoms with E-state index in [0.717, 1.165) is 17.6 Å². The Balaban J connectivity index is 1.82. The zero-order valence-corrected chi connectivity index (χ0v) is 12.8. The molecule has 2 aromatic heterocycles. The molecule has 8 nitrogen and oxygen atoms in total. The lowest BCUT2D eigenvalue weighted by atomic mass is 10.2. The molecule has 116 valence electrons. The molecule has 0 saturated heterocycles. The Morgan fingerprint density at radius 1 is 1.26 bits per heavy atom. The maximum absolute atomic E-state index is 12.1. The van der Waals surface area contributed by atoms with Crippen molar-refractivity contribution in [2.24, 2.45) is 0 Å². The highest BCUT2D eigenvalue weighted by Crippen LogP contribution is 2.31. The van der Waals surface area contributed by atoms with Crippen LogP contribution in [0.4, 0.5) is 5.13 Å². The second kappa shape index (κ2) is 6.15. The zero-order valence-electron chi connectivity index (χ0n) is 11.2. The number of carbonyl (C=O) groups excluding carboxylic acids is 1. The van der Waals surface area contributed by atoms with E-state index in [1.807, 2.05) is 0 Å². The van der Waals surface area contributed by atoms with E-state index in [-0.39, 0.29) is 10.7 Å². The lowest BCUT2D eigenvalue weighted by Crippen LogP contribution is -2.15. The number of nitrogens with zero attached hydrogens (tertiary/aromatic N) is 3. The lowest BCUT2D eigenvalue weighted by molar-refractivity contribution is 0.0682. The normalized spacial score (nSPS) is 10.5. The molecule has 1 amide bonds. The van der Waals surface area contributed by atoms with Crippen molar-refractivity contribution in [1.82, 2.24) is 15.4 Å². The second-order valence-corrected chi connectivity index (χ2v) is 5.61. The molecule has 0 aliphatic carbocycles. The molecule has 0 atom stereocenters. The summed E-state index contributed by atoms with van der Waals surface area (Å²) in [5.74, 6) is -2.07. The minimum absolute atomic E-state index is 0.197. The van der Waals surface area contributed by atoms with Crippen LogP contribution in [0.1, 0.15) is 20.8 Å². The number of benzene rings is 1. The summed E-state index contributed by atoms with van der Waals surface area (Å²) < 4.78 is 4.51. The number of amides is 1. The van der Waals surface area contributed by atoms with Crippen LogP contribution in [0.3, 0.4) is 0 Å². The van der Waals surface area contributed by atoms with E-state index < -0.39 is 17.6 Å². The molecule has 3 rings (SSSR count). The highest BCUT2D eigenvalue weighted by Gasteiger charge is 2.22. The first-order valence-corrected chi connectivity index (χ1v) is 7.33. The van der Waals surface area contributed by atoms with Crippen LogP contribution in [-0.2, 0) is 0 Å². The summed E-state index contributed by atoms with van der Waals surface area (Å²) in [6.45, 7) is 0. The summed E-state index contributed by atoms with van der Waals surface area (Å²) >= 11 is 7.18. The molecule has 0 unspecified atom stereocenters. The van der Waals surface area contributed by atoms with E-state index in [1.165, 1.54) is 0 Å². The molecule has 0 aliphatic heterocycles. The maximum atomic E-state index is 12.1. The molecule has 1 aromatic carbocycles. The number of nitrogens with one attached hydrogen (secondary N) is 1. The topological polar surface area (TPSA) is 118 Å². The molecule has 2 N–H and O–H groups in total. The Kier molecular flexibility index (Phi) is 4.04. The van der Waals surface area contributed by atoms with Gasteiger partial charge in [0.15, 0.2) is 5.01 Å². The average molecular weight is 351 g/mol. The minimum atomic E-state index is -1.36. The van der Waals surface area contributed by atoms with Crippen LogP contribution in [0.2, 0.25) is 5.02 Å². The van der Waals surface area contributed by atoms with E-state index in [0.29, 0.717) is 15.6 Å². The number of hydrogen-bond donors (Lipinski definition) is 2. The SMILES string of the molecule is O=C(Nc1nnc(-c2ccccc2Cl)s1)c1conc1C(=O)O. The molecule has 23 heavy (non-hydrogen) atoms. The smallest absolute Gasteiger partial charge is 0.358 e.